The Morgan fingerprint density at radius 3 is 2.20 bits per heavy atom. The van der Waals surface area contributed by atoms with E-state index in [0.717, 1.165) is 61.8 Å². The molecule has 0 bridgehead atoms. The predicted octanol–water partition coefficient (Wildman–Crippen LogP) is 9.15. The van der Waals surface area contributed by atoms with Crippen LogP contribution in [0.2, 0.25) is 0 Å². The van der Waals surface area contributed by atoms with Gasteiger partial charge in [-0.1, -0.05) is 53.1 Å². The Hall–Kier alpha value is -3.32. The molecule has 0 radical (unpaired) electrons. The van der Waals surface area contributed by atoms with Crippen LogP contribution in [0, 0.1) is 6.92 Å². The molecule has 1 unspecified atom stereocenters. The van der Waals surface area contributed by atoms with E-state index in [-0.39, 0.29) is 16.2 Å². The fourth-order valence-corrected chi connectivity index (χ4v) is 6.46. The smallest absolute Gasteiger partial charge is 0.426 e. The van der Waals surface area contributed by atoms with Crippen molar-refractivity contribution < 1.29 is 23.1 Å². The minimum atomic E-state index is -4.28. The van der Waals surface area contributed by atoms with E-state index < -0.39 is 16.1 Å². The van der Waals surface area contributed by atoms with E-state index in [1.165, 1.54) is 28.9 Å². The van der Waals surface area contributed by atoms with Gasteiger partial charge in [-0.15, -0.1) is 0 Å². The Kier molecular flexibility index (Phi) is 11.0. The van der Waals surface area contributed by atoms with Gasteiger partial charge in [-0.05, 0) is 128 Å². The summed E-state index contributed by atoms with van der Waals surface area (Å²) in [5, 5.41) is 9.88. The maximum absolute atomic E-state index is 13.2. The quantitative estimate of drug-likeness (QED) is 0.254. The molecule has 0 spiro atoms. The van der Waals surface area contributed by atoms with Crippen molar-refractivity contribution in [3.05, 3.63) is 88.5 Å². The molecule has 1 aliphatic heterocycles. The number of rotatable bonds is 12. The van der Waals surface area contributed by atoms with Crippen molar-refractivity contribution in [1.29, 1.82) is 0 Å². The van der Waals surface area contributed by atoms with Gasteiger partial charge in [-0.25, -0.2) is 13.2 Å². The highest BCUT2D eigenvalue weighted by Gasteiger charge is 2.35. The molecular formula is C34H45NO5S. The van der Waals surface area contributed by atoms with E-state index in [9.17, 15) is 18.3 Å². The van der Waals surface area contributed by atoms with Crippen molar-refractivity contribution in [3.8, 4) is 5.75 Å². The van der Waals surface area contributed by atoms with Crippen LogP contribution in [0.3, 0.4) is 0 Å². The Morgan fingerprint density at radius 1 is 0.976 bits per heavy atom. The van der Waals surface area contributed by atoms with Crippen molar-refractivity contribution in [2.75, 3.05) is 4.31 Å². The zero-order valence-electron chi connectivity index (χ0n) is 25.4. The summed E-state index contributed by atoms with van der Waals surface area (Å²) in [4.78, 5) is 12.1. The molecule has 0 saturated heterocycles. The first-order chi connectivity index (χ1) is 19.3. The van der Waals surface area contributed by atoms with Crippen LogP contribution in [0.5, 0.6) is 5.75 Å². The third-order valence-corrected chi connectivity index (χ3v) is 9.30. The number of fused-ring (bicyclic) bond motifs is 1. The zero-order valence-corrected chi connectivity index (χ0v) is 26.2. The van der Waals surface area contributed by atoms with E-state index >= 15 is 0 Å². The van der Waals surface area contributed by atoms with Gasteiger partial charge in [0.25, 0.3) is 10.0 Å². The molecule has 41 heavy (non-hydrogen) atoms. The van der Waals surface area contributed by atoms with E-state index in [4.69, 9.17) is 4.74 Å². The number of carbonyl (C=O) groups is 1. The normalized spacial score (nSPS) is 17.4. The summed E-state index contributed by atoms with van der Waals surface area (Å²) in [6.45, 7) is 12.6. The molecule has 2 aromatic carbocycles. The second kappa shape index (κ2) is 14.0. The molecular weight excluding hydrogens is 534 g/mol. The fourth-order valence-electron chi connectivity index (χ4n) is 5.16. The Labute approximate surface area is 246 Å². The summed E-state index contributed by atoms with van der Waals surface area (Å²) in [7, 11) is -4.28. The van der Waals surface area contributed by atoms with E-state index in [0.29, 0.717) is 10.7 Å². The summed E-state index contributed by atoms with van der Waals surface area (Å²) in [5.74, 6) is 0.722. The van der Waals surface area contributed by atoms with Crippen molar-refractivity contribution in [3.63, 3.8) is 0 Å². The number of aryl methyl sites for hydroxylation is 2. The van der Waals surface area contributed by atoms with Gasteiger partial charge in [-0.2, -0.15) is 4.31 Å². The number of sulfonamides is 1. The number of anilines is 1. The van der Waals surface area contributed by atoms with Gasteiger partial charge in [0.1, 0.15) is 11.4 Å². The zero-order chi connectivity index (χ0) is 30.2. The molecule has 0 saturated carbocycles. The number of ether oxygens (including phenoxy) is 1. The number of carboxylic acid groups (broad SMARTS) is 1. The molecule has 1 amide bonds. The molecule has 1 aliphatic rings. The average molecular weight is 580 g/mol. The molecule has 2 aromatic rings. The summed E-state index contributed by atoms with van der Waals surface area (Å²) in [6, 6.07) is 10.8. The van der Waals surface area contributed by atoms with Crippen LogP contribution in [0.4, 0.5) is 10.5 Å². The van der Waals surface area contributed by atoms with Crippen LogP contribution in [-0.4, -0.2) is 25.2 Å². The van der Waals surface area contributed by atoms with E-state index in [2.05, 4.69) is 52.8 Å². The van der Waals surface area contributed by atoms with Crippen molar-refractivity contribution in [2.24, 2.45) is 0 Å². The molecule has 0 fully saturated rings. The maximum atomic E-state index is 13.2. The Bertz CT molecular complexity index is 1420. The van der Waals surface area contributed by atoms with Crippen LogP contribution in [0.25, 0.3) is 0 Å². The number of nitrogens with zero attached hydrogens (tertiary/aromatic N) is 1. The maximum Gasteiger partial charge on any atom is 0.426 e. The topological polar surface area (TPSA) is 83.9 Å². The van der Waals surface area contributed by atoms with Crippen molar-refractivity contribution >= 4 is 21.8 Å². The van der Waals surface area contributed by atoms with E-state index in [1.807, 2.05) is 6.92 Å². The van der Waals surface area contributed by atoms with Gasteiger partial charge in [0.15, 0.2) is 0 Å². The van der Waals surface area contributed by atoms with Crippen LogP contribution in [0.1, 0.15) is 90.7 Å². The number of hydrogen-bond acceptors (Lipinski definition) is 4. The number of hydrogen-bond donors (Lipinski definition) is 1. The van der Waals surface area contributed by atoms with Crippen LogP contribution >= 0.6 is 0 Å². The number of allylic oxidation sites excluding steroid dienone is 6. The summed E-state index contributed by atoms with van der Waals surface area (Å²) in [6.07, 6.45) is 13.0. The molecule has 1 heterocycles. The molecule has 6 nitrogen and oxygen atoms in total. The fraction of sp³-hybridized carbons (Fsp3) is 0.441. The lowest BCUT2D eigenvalue weighted by Gasteiger charge is -2.37. The molecule has 0 aliphatic carbocycles. The Morgan fingerprint density at radius 2 is 1.59 bits per heavy atom. The van der Waals surface area contributed by atoms with Gasteiger partial charge in [0, 0.05) is 0 Å². The first-order valence-electron chi connectivity index (χ1n) is 14.4. The minimum Gasteiger partial charge on any atom is -0.487 e. The number of benzene rings is 2. The van der Waals surface area contributed by atoms with Gasteiger partial charge >= 0.3 is 6.09 Å². The molecule has 0 aromatic heterocycles. The molecule has 1 atom stereocenters. The van der Waals surface area contributed by atoms with Gasteiger partial charge in [0.2, 0.25) is 0 Å². The lowest BCUT2D eigenvalue weighted by molar-refractivity contribution is 0.0563. The second-order valence-electron chi connectivity index (χ2n) is 11.7. The minimum absolute atomic E-state index is 0.0735. The lowest BCUT2D eigenvalue weighted by Crippen LogP contribution is -2.38. The highest BCUT2D eigenvalue weighted by Crippen LogP contribution is 2.41. The highest BCUT2D eigenvalue weighted by atomic mass is 32.2. The number of amides is 1. The molecule has 1 N–H and O–H groups in total. The van der Waals surface area contributed by atoms with E-state index in [1.54, 1.807) is 30.3 Å². The summed E-state index contributed by atoms with van der Waals surface area (Å²) >= 11 is 0. The van der Waals surface area contributed by atoms with Gasteiger partial charge in [-0.3, -0.25) is 0 Å². The van der Waals surface area contributed by atoms with Gasteiger partial charge < -0.3 is 9.84 Å². The van der Waals surface area contributed by atoms with Crippen LogP contribution in [-0.2, 0) is 16.4 Å². The van der Waals surface area contributed by atoms with Crippen LogP contribution in [0.15, 0.2) is 82.3 Å². The SMILES string of the molecule is CC(C)=CCC/C(C)=C/CC/C(C)=C/CCC1(C)CCc2cc(N(C(=O)O)S(=O)(=O)c3ccccc3)cc(C)c2O1. The first-order valence-corrected chi connectivity index (χ1v) is 15.9. The molecule has 222 valence electrons. The predicted molar refractivity (Wildman–Crippen MR) is 167 cm³/mol. The highest BCUT2D eigenvalue weighted by molar-refractivity contribution is 7.93. The molecule has 3 rings (SSSR count). The summed E-state index contributed by atoms with van der Waals surface area (Å²) in [5.41, 5.74) is 5.49. The first kappa shape index (κ1) is 32.2. The average Bonchev–Trinajstić information content (AvgIpc) is 2.89. The standard InChI is InChI=1S/C34H45NO5S/c1-25(2)13-10-14-26(3)15-11-16-27(4)17-12-21-34(6)22-20-29-24-30(23-28(5)32(29)40-34)35(33(36)37)41(38,39)31-18-8-7-9-19-31/h7-9,13,15,17-19,23-24H,10-12,14,16,20-22H2,1-6H3,(H,36,37)/b26-15+,27-17+. The monoisotopic (exact) mass is 579 g/mol. The largest absolute Gasteiger partial charge is 0.487 e. The lowest BCUT2D eigenvalue weighted by atomic mass is 9.87. The van der Waals surface area contributed by atoms with Gasteiger partial charge in [0.05, 0.1) is 10.6 Å². The molecule has 7 heteroatoms. The van der Waals surface area contributed by atoms with Crippen molar-refractivity contribution in [2.45, 2.75) is 103 Å². The third kappa shape index (κ3) is 8.83. The third-order valence-electron chi connectivity index (χ3n) is 7.59. The Balaban J connectivity index is 1.65. The van der Waals surface area contributed by atoms with Crippen LogP contribution < -0.4 is 9.04 Å². The second-order valence-corrected chi connectivity index (χ2v) is 13.5. The van der Waals surface area contributed by atoms with Crippen molar-refractivity contribution in [1.82, 2.24) is 0 Å². The summed E-state index contributed by atoms with van der Waals surface area (Å²) < 4.78 is 33.4.